The van der Waals surface area contributed by atoms with Gasteiger partial charge in [-0.15, -0.1) is 0 Å². The number of halogens is 6. The molecule has 5 aromatic rings. The van der Waals surface area contributed by atoms with Crippen molar-refractivity contribution >= 4 is 40.4 Å². The maximum Gasteiger partial charge on any atom is 0.419 e. The van der Waals surface area contributed by atoms with Gasteiger partial charge in [-0.2, -0.15) is 26.3 Å². The summed E-state index contributed by atoms with van der Waals surface area (Å²) in [6.45, 7) is 9.49. The first-order valence-electron chi connectivity index (χ1n) is 12.7. The van der Waals surface area contributed by atoms with E-state index in [9.17, 15) is 26.3 Å². The minimum absolute atomic E-state index is 0.00690. The zero-order chi connectivity index (χ0) is 29.3. The largest absolute Gasteiger partial charge is 0.463 e. The highest BCUT2D eigenvalue weighted by atomic mass is 28.3. The molecule has 2 aromatic heterocycles. The third-order valence-electron chi connectivity index (χ3n) is 7.33. The molecule has 0 fully saturated rings. The second-order valence-electron chi connectivity index (χ2n) is 11.5. The van der Waals surface area contributed by atoms with Crippen LogP contribution in [0, 0.1) is 0 Å². The van der Waals surface area contributed by atoms with Crippen LogP contribution in [-0.2, 0) is 17.8 Å². The smallest absolute Gasteiger partial charge is 0.419 e. The van der Waals surface area contributed by atoms with Crippen molar-refractivity contribution in [3.05, 3.63) is 89.6 Å². The Labute approximate surface area is 228 Å². The molecule has 40 heavy (non-hydrogen) atoms. The van der Waals surface area contributed by atoms with Crippen molar-refractivity contribution in [2.45, 2.75) is 51.6 Å². The molecule has 0 N–H and O–H groups in total. The molecule has 0 saturated heterocycles. The van der Waals surface area contributed by atoms with Crippen molar-refractivity contribution in [2.24, 2.45) is 0 Å². The lowest BCUT2D eigenvalue weighted by Gasteiger charge is -2.23. The van der Waals surface area contributed by atoms with Crippen LogP contribution in [0.25, 0.3) is 33.0 Å². The fourth-order valence-electron chi connectivity index (χ4n) is 5.23. The summed E-state index contributed by atoms with van der Waals surface area (Å²) in [4.78, 5) is 4.47. The van der Waals surface area contributed by atoms with Crippen molar-refractivity contribution < 1.29 is 30.8 Å². The van der Waals surface area contributed by atoms with E-state index in [0.29, 0.717) is 10.8 Å². The van der Waals surface area contributed by atoms with Gasteiger partial charge in [0, 0.05) is 17.1 Å². The van der Waals surface area contributed by atoms with Gasteiger partial charge in [-0.25, -0.2) is 0 Å². The van der Waals surface area contributed by atoms with E-state index in [1.54, 1.807) is 13.1 Å². The molecule has 0 unspecified atom stereocenters. The summed E-state index contributed by atoms with van der Waals surface area (Å²) in [5.74, 6) is 0. The van der Waals surface area contributed by atoms with E-state index in [1.165, 1.54) is 24.4 Å². The van der Waals surface area contributed by atoms with Crippen LogP contribution in [0.4, 0.5) is 26.3 Å². The molecule has 3 aromatic carbocycles. The molecule has 9 heteroatoms. The van der Waals surface area contributed by atoms with Gasteiger partial charge in [-0.3, -0.25) is 4.98 Å². The number of benzene rings is 3. The molecule has 0 aliphatic carbocycles. The summed E-state index contributed by atoms with van der Waals surface area (Å²) in [5.41, 5.74) is -0.0975. The molecule has 208 valence electrons. The van der Waals surface area contributed by atoms with Gasteiger partial charge in [0.15, 0.2) is 13.7 Å². The highest BCUT2D eigenvalue weighted by molar-refractivity contribution is 7.00. The molecule has 0 spiro atoms. The molecule has 2 heterocycles. The van der Waals surface area contributed by atoms with Gasteiger partial charge >= 0.3 is 12.4 Å². The molecule has 0 saturated carbocycles. The van der Waals surface area contributed by atoms with Crippen LogP contribution >= 0.6 is 0 Å². The number of hydrogen-bond donors (Lipinski definition) is 0. The van der Waals surface area contributed by atoms with Crippen LogP contribution < -0.4 is 10.6 Å². The van der Waals surface area contributed by atoms with Crippen LogP contribution in [0.5, 0.6) is 0 Å². The minimum atomic E-state index is -4.75. The monoisotopic (exact) mass is 571 g/mol. The van der Waals surface area contributed by atoms with Crippen LogP contribution in [-0.4, -0.2) is 13.1 Å². The maximum absolute atomic E-state index is 14.6. The van der Waals surface area contributed by atoms with Crippen molar-refractivity contribution in [1.82, 2.24) is 4.98 Å². The number of aromatic nitrogens is 1. The van der Waals surface area contributed by atoms with Crippen LogP contribution in [0.15, 0.2) is 77.3 Å². The van der Waals surface area contributed by atoms with Gasteiger partial charge in [-0.05, 0) is 39.9 Å². The lowest BCUT2D eigenvalue weighted by Crippen LogP contribution is -2.54. The zero-order valence-electron chi connectivity index (χ0n) is 22.6. The normalized spacial score (nSPS) is 13.4. The summed E-state index contributed by atoms with van der Waals surface area (Å²) in [6, 6.07) is 17.2. The lowest BCUT2D eigenvalue weighted by atomic mass is 9.82. The molecule has 0 amide bonds. The summed E-state index contributed by atoms with van der Waals surface area (Å²) in [6.07, 6.45) is -7.97. The number of pyridine rings is 1. The number of hydrogen-bond acceptors (Lipinski definition) is 2. The van der Waals surface area contributed by atoms with Crippen LogP contribution in [0.2, 0.25) is 13.1 Å². The molecule has 5 rings (SSSR count). The first kappa shape index (κ1) is 28.0. The number of furan rings is 1. The molecule has 0 radical (unpaired) electrons. The van der Waals surface area contributed by atoms with Crippen molar-refractivity contribution in [3.63, 3.8) is 0 Å². The van der Waals surface area contributed by atoms with E-state index in [1.807, 2.05) is 36.4 Å². The number of alkyl halides is 6. The summed E-state index contributed by atoms with van der Waals surface area (Å²) < 4.78 is 89.4. The van der Waals surface area contributed by atoms with Crippen molar-refractivity contribution in [2.75, 3.05) is 0 Å². The van der Waals surface area contributed by atoms with E-state index in [-0.39, 0.29) is 27.5 Å². The Morgan fingerprint density at radius 1 is 0.750 bits per heavy atom. The van der Waals surface area contributed by atoms with E-state index in [0.717, 1.165) is 28.5 Å². The summed E-state index contributed by atoms with van der Waals surface area (Å²) in [5, 5.41) is 1.98. The van der Waals surface area contributed by atoms with E-state index in [2.05, 4.69) is 25.8 Å². The van der Waals surface area contributed by atoms with Gasteiger partial charge in [0.1, 0.15) is 16.6 Å². The minimum Gasteiger partial charge on any atom is -0.463 e. The molecule has 0 atom stereocenters. The second kappa shape index (κ2) is 9.23. The Balaban J connectivity index is 1.77. The Morgan fingerprint density at radius 3 is 2.00 bits per heavy atom. The molecule has 0 aliphatic heterocycles. The molecular weight excluding hydrogens is 544 g/mol. The first-order chi connectivity index (χ1) is 18.5. The Morgan fingerprint density at radius 2 is 1.40 bits per heavy atom. The SMILES string of the molecule is CC(C)(C)c1cc(-c2nccc3c(C(F)(F)F)c([Si](C)(C)c4ccc(C(F)(F)F)cc4)oc23)cc2ccccc12. The second-order valence-corrected chi connectivity index (χ2v) is 15.8. The molecule has 0 aliphatic rings. The lowest BCUT2D eigenvalue weighted by molar-refractivity contribution is -0.137. The molecular formula is C31H27F6NOSi. The van der Waals surface area contributed by atoms with E-state index in [4.69, 9.17) is 4.42 Å². The third kappa shape index (κ3) is 4.80. The van der Waals surface area contributed by atoms with Crippen molar-refractivity contribution in [1.29, 1.82) is 0 Å². The quantitative estimate of drug-likeness (QED) is 0.160. The van der Waals surface area contributed by atoms with Crippen molar-refractivity contribution in [3.8, 4) is 11.3 Å². The van der Waals surface area contributed by atoms with Gasteiger partial charge in [0.25, 0.3) is 0 Å². The van der Waals surface area contributed by atoms with Gasteiger partial charge in [0.2, 0.25) is 0 Å². The fourth-order valence-corrected chi connectivity index (χ4v) is 7.75. The number of fused-ring (bicyclic) bond motifs is 2. The zero-order valence-corrected chi connectivity index (χ0v) is 23.6. The van der Waals surface area contributed by atoms with Gasteiger partial charge in [-0.1, -0.05) is 87.6 Å². The Kier molecular flexibility index (Phi) is 6.45. The standard InChI is InChI=1S/C31H27F6NOSi/c1-29(2,3)24-17-19(16-18-8-6-7-9-22(18)24)26-27-23(14-15-38-26)25(31(35,36)37)28(39-27)40(4,5)21-12-10-20(11-13-21)30(32,33)34/h6-17H,1-5H3. The molecule has 2 nitrogen and oxygen atoms in total. The first-order valence-corrected chi connectivity index (χ1v) is 15.7. The highest BCUT2D eigenvalue weighted by Gasteiger charge is 2.45. The highest BCUT2D eigenvalue weighted by Crippen LogP contribution is 2.41. The Bertz CT molecular complexity index is 1720. The van der Waals surface area contributed by atoms with E-state index < -0.39 is 31.6 Å². The average molecular weight is 572 g/mol. The van der Waals surface area contributed by atoms with Gasteiger partial charge in [0.05, 0.1) is 5.56 Å². The number of rotatable bonds is 3. The maximum atomic E-state index is 14.6. The number of nitrogens with zero attached hydrogens (tertiary/aromatic N) is 1. The predicted octanol–water partition coefficient (Wildman–Crippen LogP) is 8.81. The van der Waals surface area contributed by atoms with Crippen LogP contribution in [0.3, 0.4) is 0 Å². The van der Waals surface area contributed by atoms with Gasteiger partial charge < -0.3 is 4.42 Å². The topological polar surface area (TPSA) is 26.0 Å². The summed E-state index contributed by atoms with van der Waals surface area (Å²) >= 11 is 0. The molecule has 0 bridgehead atoms. The van der Waals surface area contributed by atoms with E-state index >= 15 is 0 Å². The predicted molar refractivity (Wildman–Crippen MR) is 149 cm³/mol. The third-order valence-corrected chi connectivity index (χ3v) is 10.6. The fraction of sp³-hybridized carbons (Fsp3) is 0.258. The van der Waals surface area contributed by atoms with Crippen LogP contribution in [0.1, 0.15) is 37.5 Å². The average Bonchev–Trinajstić information content (AvgIpc) is 3.28. The summed E-state index contributed by atoms with van der Waals surface area (Å²) in [7, 11) is -3.27. The Hall–Kier alpha value is -3.59.